The normalized spacial score (nSPS) is 14.3. The van der Waals surface area contributed by atoms with Crippen LogP contribution in [0.1, 0.15) is 330 Å². The molecule has 5 aromatic rings. The second-order valence-corrected chi connectivity index (χ2v) is 35.1. The number of rotatable bonds is 46. The molecule has 11 heteroatoms. The Labute approximate surface area is 624 Å². The van der Waals surface area contributed by atoms with E-state index >= 15 is 9.59 Å². The predicted molar refractivity (Wildman–Crippen MR) is 434 cm³/mol. The van der Waals surface area contributed by atoms with E-state index in [1.54, 1.807) is 45.3 Å². The van der Waals surface area contributed by atoms with E-state index in [1.807, 2.05) is 9.80 Å². The molecule has 0 radical (unpaired) electrons. The van der Waals surface area contributed by atoms with Gasteiger partial charge in [0.25, 0.3) is 11.8 Å². The molecule has 1 aromatic carbocycles. The topological polar surface area (TPSA) is 49.9 Å². The lowest BCUT2D eigenvalue weighted by Gasteiger charge is -2.27. The van der Waals surface area contributed by atoms with Gasteiger partial charge < -0.3 is 14.5 Å². The van der Waals surface area contributed by atoms with E-state index in [0.29, 0.717) is 36.1 Å². The highest BCUT2D eigenvalue weighted by Gasteiger charge is 2.50. The maximum atomic E-state index is 15.0. The zero-order chi connectivity index (χ0) is 69.6. The van der Waals surface area contributed by atoms with Crippen LogP contribution in [0, 0.1) is 36.5 Å². The van der Waals surface area contributed by atoms with Crippen LogP contribution in [0.2, 0.25) is 0 Å². The van der Waals surface area contributed by atoms with Crippen molar-refractivity contribution < 1.29 is 14.3 Å². The number of hydrogen-bond acceptors (Lipinski definition) is 7. The third kappa shape index (κ3) is 27.0. The quantitative estimate of drug-likeness (QED) is 0.0288. The molecule has 1 fully saturated rings. The molecule has 97 heavy (non-hydrogen) atoms. The molecule has 7 heterocycles. The second-order valence-electron chi connectivity index (χ2n) is 28.2. The largest absolute Gasteiger partial charge is 0.381 e. The second kappa shape index (κ2) is 47.6. The van der Waals surface area contributed by atoms with Crippen molar-refractivity contribution in [3.05, 3.63) is 110 Å². The van der Waals surface area contributed by atoms with Gasteiger partial charge in [-0.3, -0.25) is 9.59 Å². The van der Waals surface area contributed by atoms with E-state index in [4.69, 9.17) is 17.6 Å². The molecule has 5 nitrogen and oxygen atoms in total. The molecule has 0 aliphatic carbocycles. The van der Waals surface area contributed by atoms with Crippen molar-refractivity contribution in [1.29, 1.82) is 0 Å². The number of halogens is 2. The van der Waals surface area contributed by atoms with E-state index in [-0.39, 0.29) is 11.8 Å². The van der Waals surface area contributed by atoms with Gasteiger partial charge in [-0.2, -0.15) is 0 Å². The molecule has 8 rings (SSSR count). The molecular weight excluding hydrogens is 1400 g/mol. The number of fused-ring (bicyclic) bond motifs is 1. The first-order valence-electron chi connectivity index (χ1n) is 38.9. The highest BCUT2D eigenvalue weighted by molar-refractivity contribution is 9.11. The molecule has 0 spiro atoms. The van der Waals surface area contributed by atoms with Crippen molar-refractivity contribution in [1.82, 2.24) is 9.80 Å². The molecule has 0 N–H and O–H groups in total. The average Bonchev–Trinajstić information content (AvgIpc) is 1.55. The first kappa shape index (κ1) is 82.4. The summed E-state index contributed by atoms with van der Waals surface area (Å²) in [6, 6.07) is 17.8. The number of aryl methyl sites for hydroxylation is 4. The Morgan fingerprint density at radius 3 is 0.990 bits per heavy atom. The highest BCUT2D eigenvalue weighted by Crippen LogP contribution is 2.52. The third-order valence-corrected chi connectivity index (χ3v) is 26.1. The van der Waals surface area contributed by atoms with Crippen molar-refractivity contribution in [2.75, 3.05) is 26.3 Å². The molecule has 4 aromatic heterocycles. The lowest BCUT2D eigenvalue weighted by atomic mass is 9.92. The highest BCUT2D eigenvalue weighted by atomic mass is 79.9. The van der Waals surface area contributed by atoms with E-state index in [1.165, 1.54) is 255 Å². The smallest absolute Gasteiger partial charge is 0.261 e. The summed E-state index contributed by atoms with van der Waals surface area (Å²) < 4.78 is 7.37. The van der Waals surface area contributed by atoms with Gasteiger partial charge in [0.2, 0.25) is 0 Å². The van der Waals surface area contributed by atoms with Gasteiger partial charge in [0.1, 0.15) is 0 Å². The minimum absolute atomic E-state index is 0.0275. The molecule has 2 unspecified atom stereocenters. The SMILES string of the molecule is C#Cc1cc(CCCCCCCCCCCC)c(C#C)cc1CCCCCCCCCCCC.C1CCOC1.CCCCCCCc1cc(-c2ccc(C3=C4C(=O)N(CC(C)CCC)C(c5ccc(-c6cc(CCCCCCC)c(Br)s6)s5)=C4C(=O)N3CC(C)CCC)s2)sc1Br. The fraction of sp³-hybridized carbons (Fsp3) is 0.628. The van der Waals surface area contributed by atoms with Gasteiger partial charge in [0.05, 0.1) is 39.9 Å². The molecule has 2 amide bonds. The van der Waals surface area contributed by atoms with Crippen LogP contribution in [0.15, 0.2) is 67.2 Å². The molecule has 534 valence electrons. The molecule has 0 bridgehead atoms. The van der Waals surface area contributed by atoms with Crippen molar-refractivity contribution in [3.8, 4) is 44.2 Å². The number of terminal acetylenes is 2. The number of amides is 2. The van der Waals surface area contributed by atoms with Crippen molar-refractivity contribution in [2.45, 2.75) is 312 Å². The van der Waals surface area contributed by atoms with Gasteiger partial charge in [0.15, 0.2) is 0 Å². The monoisotopic (exact) mass is 1520 g/mol. The summed E-state index contributed by atoms with van der Waals surface area (Å²) in [5, 5.41) is 0. The molecular formula is C86H124Br2N2O3S4. The van der Waals surface area contributed by atoms with E-state index in [9.17, 15) is 0 Å². The van der Waals surface area contributed by atoms with Crippen molar-refractivity contribution in [3.63, 3.8) is 0 Å². The Hall–Kier alpha value is -3.52. The summed E-state index contributed by atoms with van der Waals surface area (Å²) in [5.41, 5.74) is 10.3. The van der Waals surface area contributed by atoms with Gasteiger partial charge in [-0.1, -0.05) is 247 Å². The first-order chi connectivity index (χ1) is 47.4. The molecule has 1 saturated heterocycles. The van der Waals surface area contributed by atoms with Gasteiger partial charge in [0, 0.05) is 56.9 Å². The molecule has 2 atom stereocenters. The number of unbranched alkanes of at least 4 members (excludes halogenated alkanes) is 26. The van der Waals surface area contributed by atoms with Crippen LogP contribution >= 0.6 is 77.2 Å². The Morgan fingerprint density at radius 2 is 0.701 bits per heavy atom. The number of hydrogen-bond donors (Lipinski definition) is 0. The zero-order valence-electron chi connectivity index (χ0n) is 61.5. The van der Waals surface area contributed by atoms with Crippen LogP contribution < -0.4 is 0 Å². The van der Waals surface area contributed by atoms with E-state index in [0.717, 1.165) is 96.9 Å². The summed E-state index contributed by atoms with van der Waals surface area (Å²) in [5.74, 6) is 6.45. The molecule has 3 aliphatic rings. The first-order valence-corrected chi connectivity index (χ1v) is 43.8. The maximum absolute atomic E-state index is 15.0. The summed E-state index contributed by atoms with van der Waals surface area (Å²) in [7, 11) is 0. The summed E-state index contributed by atoms with van der Waals surface area (Å²) in [6.07, 6.45) is 62.7. The fourth-order valence-corrected chi connectivity index (χ4v) is 19.8. The number of ether oxygens (including phenoxy) is 1. The number of thiophene rings is 4. The Morgan fingerprint density at radius 1 is 0.402 bits per heavy atom. The Bertz CT molecular complexity index is 3030. The predicted octanol–water partition coefficient (Wildman–Crippen LogP) is 27.9. The van der Waals surface area contributed by atoms with E-state index in [2.05, 4.69) is 148 Å². The van der Waals surface area contributed by atoms with Gasteiger partial charge in [-0.05, 0) is 192 Å². The fourth-order valence-electron chi connectivity index (χ4n) is 14.0. The number of nitrogens with zero attached hydrogens (tertiary/aromatic N) is 2. The lowest BCUT2D eigenvalue weighted by Crippen LogP contribution is -2.33. The molecule has 3 aliphatic heterocycles. The standard InChI is InChI=1S/C48H62Br2N2O2S4.C34H54.C4H8O/c1-7-11-13-15-17-21-33-27-39(57-45(33)49)35-23-25-37(55-35)43-41-42(48(54)51(43)29-31(5)19-9-3)44(52(47(41)53)30-32(6)20-10-4)38-26-24-36(56-38)40-28-34(46(50)58-40)22-18-16-14-12-8-2;1-5-9-11-13-15-17-19-21-23-25-27-33-29-32(8-4)34(30-31(33)7-3)28-26-24-22-20-18-16-14-12-10-6-2;1-2-4-5-3-1/h23-28,31-32H,7-22,29-30H2,1-6H3;3-4,29-30H,5-6,9-28H2,1-2H3;1-4H2. The third-order valence-electron chi connectivity index (χ3n) is 19.6. The van der Waals surface area contributed by atoms with Crippen molar-refractivity contribution >= 4 is 100 Å². The van der Waals surface area contributed by atoms with Crippen LogP contribution in [-0.4, -0.2) is 47.9 Å². The number of benzene rings is 1. The summed E-state index contributed by atoms with van der Waals surface area (Å²) in [6.45, 7) is 21.2. The Kier molecular flexibility index (Phi) is 40.5. The van der Waals surface area contributed by atoms with Crippen molar-refractivity contribution in [2.24, 2.45) is 11.8 Å². The number of carbonyl (C=O) groups excluding carboxylic acids is 2. The lowest BCUT2D eigenvalue weighted by molar-refractivity contribution is -0.124. The zero-order valence-corrected chi connectivity index (χ0v) is 68.0. The van der Waals surface area contributed by atoms with Crippen LogP contribution in [0.4, 0.5) is 0 Å². The van der Waals surface area contributed by atoms with Crippen LogP contribution in [0.25, 0.3) is 30.9 Å². The van der Waals surface area contributed by atoms with Crippen LogP contribution in [0.3, 0.4) is 0 Å². The van der Waals surface area contributed by atoms with Gasteiger partial charge >= 0.3 is 0 Å². The van der Waals surface area contributed by atoms with Crippen LogP contribution in [-0.2, 0) is 40.0 Å². The van der Waals surface area contributed by atoms with Crippen LogP contribution in [0.5, 0.6) is 0 Å². The number of carbonyl (C=O) groups is 2. The minimum atomic E-state index is -0.0275. The Balaban J connectivity index is 0.000000322. The minimum Gasteiger partial charge on any atom is -0.381 e. The van der Waals surface area contributed by atoms with E-state index < -0.39 is 0 Å². The maximum Gasteiger partial charge on any atom is 0.261 e. The van der Waals surface area contributed by atoms with Gasteiger partial charge in [-0.25, -0.2) is 0 Å². The summed E-state index contributed by atoms with van der Waals surface area (Å²) in [4.78, 5) is 40.8. The molecule has 0 saturated carbocycles. The average molecular weight is 1520 g/mol. The summed E-state index contributed by atoms with van der Waals surface area (Å²) >= 11 is 14.8. The van der Waals surface area contributed by atoms with Gasteiger partial charge in [-0.15, -0.1) is 58.2 Å².